The Hall–Kier alpha value is -2.91. The number of carbonyl (C=O) groups excluding carboxylic acids is 4. The minimum Gasteiger partial charge on any atom is -0.462 e. The summed E-state index contributed by atoms with van der Waals surface area (Å²) in [5.74, 6) is -2.51. The van der Waals surface area contributed by atoms with Crippen LogP contribution in [0.3, 0.4) is 0 Å². The summed E-state index contributed by atoms with van der Waals surface area (Å²) < 4.78 is 10.9. The Morgan fingerprint density at radius 2 is 1.88 bits per heavy atom. The van der Waals surface area contributed by atoms with Crippen molar-refractivity contribution in [3.8, 4) is 0 Å². The first-order chi connectivity index (χ1) is 16.2. The van der Waals surface area contributed by atoms with Crippen molar-refractivity contribution < 1.29 is 28.7 Å². The molecule has 1 fully saturated rings. The van der Waals surface area contributed by atoms with Crippen LogP contribution in [-0.4, -0.2) is 43.5 Å². The first kappa shape index (κ1) is 25.7. The number of hydrogen-bond donors (Lipinski definition) is 1. The smallest absolute Gasteiger partial charge is 0.338 e. The Bertz CT molecular complexity index is 1110. The predicted molar refractivity (Wildman–Crippen MR) is 131 cm³/mol. The molecule has 0 spiro atoms. The van der Waals surface area contributed by atoms with E-state index in [2.05, 4.69) is 21.2 Å². The molecule has 180 valence electrons. The van der Waals surface area contributed by atoms with Crippen molar-refractivity contribution in [2.45, 2.75) is 26.7 Å². The van der Waals surface area contributed by atoms with E-state index in [-0.39, 0.29) is 18.9 Å². The molecule has 34 heavy (non-hydrogen) atoms. The Labute approximate surface area is 210 Å². The van der Waals surface area contributed by atoms with Crippen LogP contribution < -0.4 is 10.2 Å². The number of carbonyl (C=O) groups is 4. The lowest BCUT2D eigenvalue weighted by Crippen LogP contribution is -2.28. The summed E-state index contributed by atoms with van der Waals surface area (Å²) in [7, 11) is 0. The van der Waals surface area contributed by atoms with E-state index >= 15 is 0 Å². The fourth-order valence-corrected chi connectivity index (χ4v) is 4.01. The van der Waals surface area contributed by atoms with Crippen LogP contribution in [0.2, 0.25) is 5.02 Å². The summed E-state index contributed by atoms with van der Waals surface area (Å²) in [6.45, 7) is 3.69. The van der Waals surface area contributed by atoms with E-state index < -0.39 is 30.4 Å². The molecule has 1 aliphatic rings. The second-order valence-corrected chi connectivity index (χ2v) is 9.09. The molecule has 1 N–H and O–H groups in total. The van der Waals surface area contributed by atoms with Crippen LogP contribution in [0.4, 0.5) is 11.4 Å². The first-order valence-corrected chi connectivity index (χ1v) is 11.9. The third-order valence-electron chi connectivity index (χ3n) is 5.20. The van der Waals surface area contributed by atoms with Gasteiger partial charge in [-0.1, -0.05) is 18.5 Å². The van der Waals surface area contributed by atoms with Crippen molar-refractivity contribution in [1.29, 1.82) is 0 Å². The molecule has 0 saturated carbocycles. The van der Waals surface area contributed by atoms with Crippen molar-refractivity contribution in [2.24, 2.45) is 5.92 Å². The number of nitrogens with one attached hydrogen (secondary N) is 1. The van der Waals surface area contributed by atoms with Crippen LogP contribution in [0.1, 0.15) is 35.7 Å². The molecule has 10 heteroatoms. The van der Waals surface area contributed by atoms with Crippen LogP contribution in [-0.2, 0) is 23.9 Å². The minimum absolute atomic E-state index is 0.0256. The minimum atomic E-state index is -0.696. The molecule has 8 nitrogen and oxygen atoms in total. The molecule has 1 saturated heterocycles. The SMILES string of the molecule is CCCOC(=O)c1ccc(N2C[C@@H](C(=O)OCC(=O)Nc3cc(Cl)c(Br)cc3C)CC2=O)cc1. The third kappa shape index (κ3) is 6.36. The van der Waals surface area contributed by atoms with Crippen molar-refractivity contribution in [3.05, 3.63) is 57.0 Å². The summed E-state index contributed by atoms with van der Waals surface area (Å²) >= 11 is 9.37. The van der Waals surface area contributed by atoms with Crippen LogP contribution in [0.5, 0.6) is 0 Å². The maximum Gasteiger partial charge on any atom is 0.338 e. The lowest BCUT2D eigenvalue weighted by atomic mass is 10.1. The fourth-order valence-electron chi connectivity index (χ4n) is 3.39. The van der Waals surface area contributed by atoms with E-state index in [0.717, 1.165) is 12.0 Å². The number of ether oxygens (including phenoxy) is 2. The van der Waals surface area contributed by atoms with Gasteiger partial charge in [0.1, 0.15) is 0 Å². The number of amides is 2. The average Bonchev–Trinajstić information content (AvgIpc) is 3.21. The fraction of sp³-hybridized carbons (Fsp3) is 0.333. The predicted octanol–water partition coefficient (Wildman–Crippen LogP) is 4.51. The van der Waals surface area contributed by atoms with Crippen LogP contribution in [0.25, 0.3) is 0 Å². The second-order valence-electron chi connectivity index (χ2n) is 7.83. The van der Waals surface area contributed by atoms with Crippen LogP contribution >= 0.6 is 27.5 Å². The standard InChI is InChI=1S/C24H24BrClN2O6/c1-3-8-33-23(31)15-4-6-17(7-5-15)28-12-16(10-22(28)30)24(32)34-13-21(29)27-20-11-19(26)18(25)9-14(20)2/h4-7,9,11,16H,3,8,10,12-13H2,1-2H3,(H,27,29)/t16-/m0/s1. The topological polar surface area (TPSA) is 102 Å². The van der Waals surface area contributed by atoms with Crippen molar-refractivity contribution in [3.63, 3.8) is 0 Å². The number of rotatable bonds is 8. The van der Waals surface area contributed by atoms with Gasteiger partial charge in [-0.05, 0) is 71.2 Å². The number of halogens is 2. The van der Waals surface area contributed by atoms with Gasteiger partial charge in [-0.15, -0.1) is 0 Å². The highest BCUT2D eigenvalue weighted by Crippen LogP contribution is 2.29. The van der Waals surface area contributed by atoms with Gasteiger partial charge >= 0.3 is 11.9 Å². The van der Waals surface area contributed by atoms with Gasteiger partial charge < -0.3 is 19.7 Å². The maximum absolute atomic E-state index is 12.5. The van der Waals surface area contributed by atoms with Gasteiger partial charge in [0, 0.05) is 28.8 Å². The number of aryl methyl sites for hydroxylation is 1. The molecule has 0 aliphatic carbocycles. The zero-order valence-electron chi connectivity index (χ0n) is 18.7. The summed E-state index contributed by atoms with van der Waals surface area (Å²) in [5.41, 5.74) is 2.25. The van der Waals surface area contributed by atoms with Crippen LogP contribution in [0.15, 0.2) is 40.9 Å². The summed E-state index contributed by atoms with van der Waals surface area (Å²) in [4.78, 5) is 50.5. The summed E-state index contributed by atoms with van der Waals surface area (Å²) in [5, 5.41) is 3.10. The lowest BCUT2D eigenvalue weighted by Gasteiger charge is -2.17. The van der Waals surface area contributed by atoms with Gasteiger partial charge in [-0.3, -0.25) is 14.4 Å². The lowest BCUT2D eigenvalue weighted by molar-refractivity contribution is -0.151. The highest BCUT2D eigenvalue weighted by atomic mass is 79.9. The molecule has 1 aliphatic heterocycles. The zero-order chi connectivity index (χ0) is 24.8. The normalized spacial score (nSPS) is 15.2. The number of anilines is 2. The van der Waals surface area contributed by atoms with Gasteiger partial charge in [0.15, 0.2) is 6.61 Å². The largest absolute Gasteiger partial charge is 0.462 e. The Balaban J connectivity index is 1.53. The molecule has 2 aromatic rings. The summed E-state index contributed by atoms with van der Waals surface area (Å²) in [6, 6.07) is 9.78. The summed E-state index contributed by atoms with van der Waals surface area (Å²) in [6.07, 6.45) is 0.700. The van der Waals surface area contributed by atoms with E-state index in [4.69, 9.17) is 21.1 Å². The molecule has 0 aromatic heterocycles. The van der Waals surface area contributed by atoms with Gasteiger partial charge in [-0.25, -0.2) is 4.79 Å². The highest BCUT2D eigenvalue weighted by Gasteiger charge is 2.36. The van der Waals surface area contributed by atoms with Crippen molar-refractivity contribution >= 4 is 62.7 Å². The molecule has 0 unspecified atom stereocenters. The zero-order valence-corrected chi connectivity index (χ0v) is 21.1. The van der Waals surface area contributed by atoms with E-state index in [9.17, 15) is 19.2 Å². The molecule has 1 atom stereocenters. The molecule has 2 amide bonds. The monoisotopic (exact) mass is 550 g/mol. The van der Waals surface area contributed by atoms with Crippen molar-refractivity contribution in [2.75, 3.05) is 30.0 Å². The van der Waals surface area contributed by atoms with Gasteiger partial charge in [0.25, 0.3) is 5.91 Å². The Morgan fingerprint density at radius 1 is 1.18 bits per heavy atom. The molecule has 0 bridgehead atoms. The second kappa shape index (κ2) is 11.5. The maximum atomic E-state index is 12.5. The average molecular weight is 552 g/mol. The van der Waals surface area contributed by atoms with Crippen molar-refractivity contribution in [1.82, 2.24) is 0 Å². The third-order valence-corrected chi connectivity index (χ3v) is 6.39. The molecule has 1 heterocycles. The van der Waals surface area contributed by atoms with Crippen LogP contribution in [0, 0.1) is 12.8 Å². The van der Waals surface area contributed by atoms with E-state index in [1.165, 1.54) is 4.90 Å². The first-order valence-electron chi connectivity index (χ1n) is 10.7. The number of benzene rings is 2. The number of nitrogens with zero attached hydrogens (tertiary/aromatic N) is 1. The van der Waals surface area contributed by atoms with E-state index in [1.54, 1.807) is 36.4 Å². The molecule has 0 radical (unpaired) electrons. The molecule has 2 aromatic carbocycles. The van der Waals surface area contributed by atoms with Gasteiger partial charge in [-0.2, -0.15) is 0 Å². The molecular weight excluding hydrogens is 528 g/mol. The highest BCUT2D eigenvalue weighted by molar-refractivity contribution is 9.10. The number of esters is 2. The number of hydrogen-bond acceptors (Lipinski definition) is 6. The van der Waals surface area contributed by atoms with Gasteiger partial charge in [0.05, 0.1) is 23.1 Å². The van der Waals surface area contributed by atoms with E-state index in [0.29, 0.717) is 33.0 Å². The Morgan fingerprint density at radius 3 is 2.56 bits per heavy atom. The quantitative estimate of drug-likeness (QED) is 0.484. The Kier molecular flexibility index (Phi) is 8.68. The van der Waals surface area contributed by atoms with E-state index in [1.807, 2.05) is 13.8 Å². The molecular formula is C24H24BrClN2O6. The molecule has 3 rings (SSSR count). The van der Waals surface area contributed by atoms with Gasteiger partial charge in [0.2, 0.25) is 5.91 Å².